The zero-order valence-corrected chi connectivity index (χ0v) is 9.70. The highest BCUT2D eigenvalue weighted by Crippen LogP contribution is 2.36. The fourth-order valence-electron chi connectivity index (χ4n) is 1.62. The fourth-order valence-corrected chi connectivity index (χ4v) is 1.62. The van der Waals surface area contributed by atoms with Crippen LogP contribution in [0.5, 0.6) is 5.88 Å². The van der Waals surface area contributed by atoms with Gasteiger partial charge < -0.3 is 4.74 Å². The zero-order valence-electron chi connectivity index (χ0n) is 9.70. The Balaban J connectivity index is 2.92. The van der Waals surface area contributed by atoms with Gasteiger partial charge in [0.15, 0.2) is 29.1 Å². The first kappa shape index (κ1) is 13.6. The lowest BCUT2D eigenvalue weighted by Gasteiger charge is -2.07. The monoisotopic (exact) mass is 283 g/mol. The molecule has 0 N–H and O–H groups in total. The number of halogens is 6. The van der Waals surface area contributed by atoms with E-state index in [1.165, 1.54) is 13.8 Å². The molecule has 104 valence electrons. The number of nitrogens with zero attached hydrogens (tertiary/aromatic N) is 1. The van der Waals surface area contributed by atoms with Crippen LogP contribution in [-0.2, 0) is 0 Å². The van der Waals surface area contributed by atoms with Crippen LogP contribution >= 0.6 is 0 Å². The van der Waals surface area contributed by atoms with Gasteiger partial charge in [-0.2, -0.15) is 0 Å². The van der Waals surface area contributed by atoms with E-state index in [0.29, 0.717) is 0 Å². The molecule has 19 heavy (non-hydrogen) atoms. The molecule has 0 aliphatic carbocycles. The summed E-state index contributed by atoms with van der Waals surface area (Å²) in [6.45, 7) is 2.82. The van der Waals surface area contributed by atoms with Crippen molar-refractivity contribution in [3.8, 4) is 5.88 Å². The van der Waals surface area contributed by atoms with E-state index < -0.39 is 56.8 Å². The second-order valence-corrected chi connectivity index (χ2v) is 4.05. The first-order valence-electron chi connectivity index (χ1n) is 5.16. The lowest BCUT2D eigenvalue weighted by molar-refractivity contribution is 0.183. The molecule has 0 radical (unpaired) electrons. The van der Waals surface area contributed by atoms with Crippen molar-refractivity contribution >= 4 is 10.9 Å². The number of ether oxygens (including phenoxy) is 1. The Labute approximate surface area is 103 Å². The molecule has 0 saturated carbocycles. The zero-order chi connectivity index (χ0) is 14.5. The summed E-state index contributed by atoms with van der Waals surface area (Å²) in [7, 11) is 0. The molecule has 0 saturated heterocycles. The van der Waals surface area contributed by atoms with E-state index in [1.807, 2.05) is 0 Å². The molecule has 0 amide bonds. The Morgan fingerprint density at radius 3 is 1.89 bits per heavy atom. The molecule has 8 heteroatoms. The predicted octanol–water partition coefficient (Wildman–Crippen LogP) is 3.86. The first-order valence-corrected chi connectivity index (χ1v) is 5.16. The van der Waals surface area contributed by atoms with E-state index in [-0.39, 0.29) is 0 Å². The number of rotatable bonds is 2. The van der Waals surface area contributed by atoms with Gasteiger partial charge in [0, 0.05) is 0 Å². The number of fused-ring (bicyclic) bond motifs is 1. The Morgan fingerprint density at radius 2 is 1.37 bits per heavy atom. The minimum absolute atomic E-state index is 0.689. The molecule has 0 aliphatic rings. The standard InChI is InChI=1S/C11H7F6NO/c1-3(2)19-11-6(13)4-5(12)7(14)8(15)9(16)10(4)18(11)17/h3H,1-2H3. The molecule has 1 heterocycles. The third-order valence-electron chi connectivity index (χ3n) is 2.37. The highest BCUT2D eigenvalue weighted by molar-refractivity contribution is 5.84. The number of aromatic nitrogens is 1. The average molecular weight is 283 g/mol. The molecule has 0 aliphatic heterocycles. The minimum atomic E-state index is -2.22. The van der Waals surface area contributed by atoms with Crippen LogP contribution in [0, 0.1) is 29.1 Å². The SMILES string of the molecule is CC(C)Oc1c(F)c2c(F)c(F)c(F)c(F)c2n1F. The molecule has 2 nitrogen and oxygen atoms in total. The summed E-state index contributed by atoms with van der Waals surface area (Å²) in [5, 5.41) is -1.34. The van der Waals surface area contributed by atoms with Gasteiger partial charge in [-0.15, -0.1) is 4.79 Å². The van der Waals surface area contributed by atoms with Crippen LogP contribution in [0.1, 0.15) is 13.8 Å². The van der Waals surface area contributed by atoms with Gasteiger partial charge in [-0.25, -0.2) is 22.0 Å². The van der Waals surface area contributed by atoms with E-state index in [4.69, 9.17) is 0 Å². The molecule has 0 spiro atoms. The summed E-state index contributed by atoms with van der Waals surface area (Å²) in [6, 6.07) is 0. The highest BCUT2D eigenvalue weighted by atomic mass is 19.2. The number of hydrogen-bond donors (Lipinski definition) is 0. The smallest absolute Gasteiger partial charge is 0.261 e. The summed E-state index contributed by atoms with van der Waals surface area (Å²) >= 11 is 0. The van der Waals surface area contributed by atoms with Crippen molar-refractivity contribution in [3.05, 3.63) is 29.1 Å². The maximum atomic E-state index is 13.7. The van der Waals surface area contributed by atoms with Crippen molar-refractivity contribution in [2.75, 3.05) is 0 Å². The average Bonchev–Trinajstić information content (AvgIpc) is 2.58. The third kappa shape index (κ3) is 1.82. The van der Waals surface area contributed by atoms with Gasteiger partial charge in [0.25, 0.3) is 5.88 Å². The second-order valence-electron chi connectivity index (χ2n) is 4.05. The Kier molecular flexibility index (Phi) is 3.11. The molecule has 0 fully saturated rings. The maximum absolute atomic E-state index is 13.7. The minimum Gasteiger partial charge on any atom is -0.472 e. The van der Waals surface area contributed by atoms with Gasteiger partial charge in [-0.05, 0) is 13.8 Å². The van der Waals surface area contributed by atoms with Crippen LogP contribution in [0.15, 0.2) is 0 Å². The van der Waals surface area contributed by atoms with E-state index in [1.54, 1.807) is 0 Å². The molecule has 0 unspecified atom stereocenters. The summed E-state index contributed by atoms with van der Waals surface area (Å²) in [6.07, 6.45) is -0.714. The number of benzene rings is 1. The van der Waals surface area contributed by atoms with Gasteiger partial charge in [0.2, 0.25) is 0 Å². The summed E-state index contributed by atoms with van der Waals surface area (Å²) < 4.78 is 84.8. The van der Waals surface area contributed by atoms with Gasteiger partial charge in [-0.1, -0.05) is 4.48 Å². The molecule has 2 aromatic rings. The van der Waals surface area contributed by atoms with Crippen molar-refractivity contribution in [2.24, 2.45) is 0 Å². The largest absolute Gasteiger partial charge is 0.472 e. The van der Waals surface area contributed by atoms with Gasteiger partial charge >= 0.3 is 0 Å². The molecule has 1 aromatic carbocycles. The van der Waals surface area contributed by atoms with E-state index in [9.17, 15) is 26.4 Å². The van der Waals surface area contributed by atoms with Crippen LogP contribution in [0.3, 0.4) is 0 Å². The van der Waals surface area contributed by atoms with Crippen LogP contribution in [0.25, 0.3) is 10.9 Å². The Bertz CT molecular complexity index is 612. The van der Waals surface area contributed by atoms with Crippen LogP contribution in [0.4, 0.5) is 26.4 Å². The molecular formula is C11H7F6NO. The fraction of sp³-hybridized carbons (Fsp3) is 0.273. The second kappa shape index (κ2) is 4.36. The van der Waals surface area contributed by atoms with Gasteiger partial charge in [0.1, 0.15) is 5.52 Å². The van der Waals surface area contributed by atoms with Crippen molar-refractivity contribution in [1.29, 1.82) is 0 Å². The maximum Gasteiger partial charge on any atom is 0.261 e. The molecular weight excluding hydrogens is 276 g/mol. The van der Waals surface area contributed by atoms with Crippen molar-refractivity contribution in [2.45, 2.75) is 20.0 Å². The van der Waals surface area contributed by atoms with Crippen molar-refractivity contribution in [1.82, 2.24) is 4.79 Å². The molecule has 2 rings (SSSR count). The summed E-state index contributed by atoms with van der Waals surface area (Å²) in [5.74, 6) is -11.3. The van der Waals surface area contributed by atoms with Gasteiger partial charge in [0.05, 0.1) is 11.5 Å². The lowest BCUT2D eigenvalue weighted by Crippen LogP contribution is -2.08. The molecule has 1 aromatic heterocycles. The van der Waals surface area contributed by atoms with E-state index in [0.717, 1.165) is 0 Å². The van der Waals surface area contributed by atoms with Crippen LogP contribution in [-0.4, -0.2) is 10.9 Å². The normalized spacial score (nSPS) is 11.6. The van der Waals surface area contributed by atoms with Crippen molar-refractivity contribution in [3.63, 3.8) is 0 Å². The summed E-state index contributed by atoms with van der Waals surface area (Å²) in [5.41, 5.74) is -1.38. The quantitative estimate of drug-likeness (QED) is 0.464. The first-order chi connectivity index (χ1) is 8.77. The van der Waals surface area contributed by atoms with E-state index >= 15 is 0 Å². The van der Waals surface area contributed by atoms with E-state index in [2.05, 4.69) is 4.74 Å². The van der Waals surface area contributed by atoms with Crippen LogP contribution in [0.2, 0.25) is 0 Å². The highest BCUT2D eigenvalue weighted by Gasteiger charge is 2.31. The lowest BCUT2D eigenvalue weighted by atomic mass is 10.2. The topological polar surface area (TPSA) is 14.2 Å². The Morgan fingerprint density at radius 1 is 0.842 bits per heavy atom. The van der Waals surface area contributed by atoms with Crippen LogP contribution < -0.4 is 4.74 Å². The summed E-state index contributed by atoms with van der Waals surface area (Å²) in [4.78, 5) is -0.689. The molecule has 0 atom stereocenters. The molecule has 0 bridgehead atoms. The third-order valence-corrected chi connectivity index (χ3v) is 2.37. The Hall–Kier alpha value is -1.86. The van der Waals surface area contributed by atoms with Crippen molar-refractivity contribution < 1.29 is 31.2 Å². The number of hydrogen-bond acceptors (Lipinski definition) is 1. The predicted molar refractivity (Wildman–Crippen MR) is 54.0 cm³/mol. The van der Waals surface area contributed by atoms with Gasteiger partial charge in [-0.3, -0.25) is 0 Å².